The predicted molar refractivity (Wildman–Crippen MR) is 77.8 cm³/mol. The van der Waals surface area contributed by atoms with E-state index in [9.17, 15) is 4.39 Å². The Morgan fingerprint density at radius 1 is 1.26 bits per heavy atom. The maximum atomic E-state index is 13.5. The van der Waals surface area contributed by atoms with Gasteiger partial charge in [-0.15, -0.1) is 0 Å². The van der Waals surface area contributed by atoms with Gasteiger partial charge in [0.2, 0.25) is 0 Å². The highest BCUT2D eigenvalue weighted by molar-refractivity contribution is 5.17. The summed E-state index contributed by atoms with van der Waals surface area (Å²) in [7, 11) is 2.03. The highest BCUT2D eigenvalue weighted by Gasteiger charge is 2.17. The van der Waals surface area contributed by atoms with Crippen LogP contribution < -0.4 is 5.32 Å². The van der Waals surface area contributed by atoms with Gasteiger partial charge in [-0.05, 0) is 76.5 Å². The molecule has 106 valence electrons. The lowest BCUT2D eigenvalue weighted by molar-refractivity contribution is 0.182. The molecule has 0 aromatic heterocycles. The van der Waals surface area contributed by atoms with Gasteiger partial charge in [0.15, 0.2) is 0 Å². The van der Waals surface area contributed by atoms with E-state index in [0.29, 0.717) is 0 Å². The van der Waals surface area contributed by atoms with Gasteiger partial charge in [-0.1, -0.05) is 18.2 Å². The molecule has 0 radical (unpaired) electrons. The van der Waals surface area contributed by atoms with Crippen LogP contribution in [0.1, 0.15) is 24.8 Å². The molecule has 0 spiro atoms. The molecule has 1 heterocycles. The second kappa shape index (κ2) is 7.61. The van der Waals surface area contributed by atoms with Crippen LogP contribution in [-0.4, -0.2) is 38.1 Å². The molecule has 19 heavy (non-hydrogen) atoms. The minimum Gasteiger partial charge on any atom is -0.319 e. The van der Waals surface area contributed by atoms with Crippen LogP contribution in [0.15, 0.2) is 24.3 Å². The van der Waals surface area contributed by atoms with E-state index in [1.54, 1.807) is 12.1 Å². The van der Waals surface area contributed by atoms with Crippen molar-refractivity contribution in [3.8, 4) is 0 Å². The van der Waals surface area contributed by atoms with Crippen molar-refractivity contribution in [2.75, 3.05) is 33.2 Å². The average molecular weight is 264 g/mol. The van der Waals surface area contributed by atoms with Gasteiger partial charge in [-0.2, -0.15) is 0 Å². The number of nitrogens with zero attached hydrogens (tertiary/aromatic N) is 1. The first-order chi connectivity index (χ1) is 9.29. The van der Waals surface area contributed by atoms with Gasteiger partial charge in [-0.25, -0.2) is 4.39 Å². The Bertz CT molecular complexity index is 373. The Morgan fingerprint density at radius 3 is 2.68 bits per heavy atom. The molecule has 0 amide bonds. The second-order valence-corrected chi connectivity index (χ2v) is 5.54. The van der Waals surface area contributed by atoms with E-state index >= 15 is 0 Å². The summed E-state index contributed by atoms with van der Waals surface area (Å²) in [6.07, 6.45) is 4.49. The SMILES string of the molecule is CNCC1CCN(CCCc2ccccc2F)CC1. The number of piperidine rings is 1. The topological polar surface area (TPSA) is 15.3 Å². The largest absolute Gasteiger partial charge is 0.319 e. The van der Waals surface area contributed by atoms with Crippen molar-refractivity contribution in [3.63, 3.8) is 0 Å². The third-order valence-electron chi connectivity index (χ3n) is 4.08. The van der Waals surface area contributed by atoms with Gasteiger partial charge >= 0.3 is 0 Å². The number of halogens is 1. The number of nitrogens with one attached hydrogen (secondary N) is 1. The first-order valence-corrected chi connectivity index (χ1v) is 7.40. The Labute approximate surface area is 116 Å². The van der Waals surface area contributed by atoms with Crippen LogP contribution in [0.3, 0.4) is 0 Å². The summed E-state index contributed by atoms with van der Waals surface area (Å²) in [5.41, 5.74) is 0.854. The standard InChI is InChI=1S/C16H25FN2/c1-18-13-14-8-11-19(12-9-14)10-4-6-15-5-2-3-7-16(15)17/h2-3,5,7,14,18H,4,6,8-13H2,1H3. The molecule has 0 unspecified atom stereocenters. The minimum atomic E-state index is -0.0600. The average Bonchev–Trinajstić information content (AvgIpc) is 2.43. The first kappa shape index (κ1) is 14.5. The molecule has 1 aliphatic heterocycles. The van der Waals surface area contributed by atoms with Crippen LogP contribution in [0.5, 0.6) is 0 Å². The molecule has 2 rings (SSSR count). The van der Waals surface area contributed by atoms with Crippen LogP contribution in [0, 0.1) is 11.7 Å². The van der Waals surface area contributed by atoms with E-state index in [2.05, 4.69) is 10.2 Å². The van der Waals surface area contributed by atoms with Crippen molar-refractivity contribution in [3.05, 3.63) is 35.6 Å². The predicted octanol–water partition coefficient (Wildman–Crippen LogP) is 2.69. The quantitative estimate of drug-likeness (QED) is 0.850. The van der Waals surface area contributed by atoms with Gasteiger partial charge in [-0.3, -0.25) is 0 Å². The number of aryl methyl sites for hydroxylation is 1. The Morgan fingerprint density at radius 2 is 2.00 bits per heavy atom. The van der Waals surface area contributed by atoms with Crippen molar-refractivity contribution in [1.82, 2.24) is 10.2 Å². The summed E-state index contributed by atoms with van der Waals surface area (Å²) in [5, 5.41) is 3.26. The van der Waals surface area contributed by atoms with E-state index in [0.717, 1.165) is 37.4 Å². The monoisotopic (exact) mass is 264 g/mol. The van der Waals surface area contributed by atoms with Crippen molar-refractivity contribution in [1.29, 1.82) is 0 Å². The molecule has 2 nitrogen and oxygen atoms in total. The van der Waals surface area contributed by atoms with E-state index in [4.69, 9.17) is 0 Å². The molecular formula is C16H25FN2. The zero-order valence-electron chi connectivity index (χ0n) is 11.9. The maximum Gasteiger partial charge on any atom is 0.126 e. The van der Waals surface area contributed by atoms with Gasteiger partial charge in [0.25, 0.3) is 0 Å². The normalized spacial score (nSPS) is 17.8. The van der Waals surface area contributed by atoms with Crippen molar-refractivity contribution in [2.45, 2.75) is 25.7 Å². The number of benzene rings is 1. The lowest BCUT2D eigenvalue weighted by atomic mass is 9.96. The second-order valence-electron chi connectivity index (χ2n) is 5.54. The molecule has 0 saturated carbocycles. The van der Waals surface area contributed by atoms with E-state index in [1.807, 2.05) is 19.2 Å². The molecule has 0 bridgehead atoms. The van der Waals surface area contributed by atoms with E-state index < -0.39 is 0 Å². The minimum absolute atomic E-state index is 0.0600. The number of rotatable bonds is 6. The molecule has 1 aromatic rings. The number of hydrogen-bond acceptors (Lipinski definition) is 2. The summed E-state index contributed by atoms with van der Waals surface area (Å²) < 4.78 is 13.5. The Balaban J connectivity index is 1.66. The molecule has 1 aromatic carbocycles. The molecule has 1 aliphatic rings. The molecular weight excluding hydrogens is 239 g/mol. The summed E-state index contributed by atoms with van der Waals surface area (Å²) in [6.45, 7) is 4.64. The van der Waals surface area contributed by atoms with Crippen molar-refractivity contribution >= 4 is 0 Å². The Kier molecular flexibility index (Phi) is 5.80. The maximum absolute atomic E-state index is 13.5. The zero-order valence-corrected chi connectivity index (χ0v) is 11.9. The molecule has 1 N–H and O–H groups in total. The fourth-order valence-corrected chi connectivity index (χ4v) is 2.90. The highest BCUT2D eigenvalue weighted by atomic mass is 19.1. The molecule has 3 heteroatoms. The summed E-state index contributed by atoms with van der Waals surface area (Å²) in [6, 6.07) is 7.13. The first-order valence-electron chi connectivity index (χ1n) is 7.40. The fraction of sp³-hybridized carbons (Fsp3) is 0.625. The molecule has 0 aliphatic carbocycles. The van der Waals surface area contributed by atoms with E-state index in [-0.39, 0.29) is 5.82 Å². The number of likely N-dealkylation sites (tertiary alicyclic amines) is 1. The van der Waals surface area contributed by atoms with Gasteiger partial charge in [0, 0.05) is 0 Å². The lowest BCUT2D eigenvalue weighted by Gasteiger charge is -2.31. The van der Waals surface area contributed by atoms with Crippen LogP contribution in [0.4, 0.5) is 4.39 Å². The third kappa shape index (κ3) is 4.59. The lowest BCUT2D eigenvalue weighted by Crippen LogP contribution is -2.37. The van der Waals surface area contributed by atoms with E-state index in [1.165, 1.54) is 25.9 Å². The highest BCUT2D eigenvalue weighted by Crippen LogP contribution is 2.17. The molecule has 1 fully saturated rings. The Hall–Kier alpha value is -0.930. The van der Waals surface area contributed by atoms with Gasteiger partial charge in [0.05, 0.1) is 0 Å². The number of hydrogen-bond donors (Lipinski definition) is 1. The van der Waals surface area contributed by atoms with Crippen LogP contribution >= 0.6 is 0 Å². The third-order valence-corrected chi connectivity index (χ3v) is 4.08. The van der Waals surface area contributed by atoms with Gasteiger partial charge in [0.1, 0.15) is 5.82 Å². The molecule has 0 atom stereocenters. The molecule has 1 saturated heterocycles. The fourth-order valence-electron chi connectivity index (χ4n) is 2.90. The van der Waals surface area contributed by atoms with Gasteiger partial charge < -0.3 is 10.2 Å². The summed E-state index contributed by atoms with van der Waals surface area (Å²) in [4.78, 5) is 2.52. The van der Waals surface area contributed by atoms with Crippen molar-refractivity contribution in [2.24, 2.45) is 5.92 Å². The summed E-state index contributed by atoms with van der Waals surface area (Å²) >= 11 is 0. The van der Waals surface area contributed by atoms with Crippen LogP contribution in [-0.2, 0) is 6.42 Å². The van der Waals surface area contributed by atoms with Crippen LogP contribution in [0.2, 0.25) is 0 Å². The van der Waals surface area contributed by atoms with Crippen molar-refractivity contribution < 1.29 is 4.39 Å². The smallest absolute Gasteiger partial charge is 0.126 e. The zero-order chi connectivity index (χ0) is 13.5. The summed E-state index contributed by atoms with van der Waals surface area (Å²) in [5.74, 6) is 0.781. The van der Waals surface area contributed by atoms with Crippen LogP contribution in [0.25, 0.3) is 0 Å².